The second-order valence-electron chi connectivity index (χ2n) is 2.63. The Balaban J connectivity index is 2.42. The van der Waals surface area contributed by atoms with E-state index in [4.69, 9.17) is 0 Å². The number of anilines is 1. The molecule has 0 fully saturated rings. The Kier molecular flexibility index (Phi) is 1.70. The van der Waals surface area contributed by atoms with Crippen molar-refractivity contribution in [2.75, 3.05) is 5.32 Å². The second kappa shape index (κ2) is 2.85. The SMILES string of the molecule is CC(=O)Nc1ccc2nccn2n1. The van der Waals surface area contributed by atoms with Crippen LogP contribution in [0.1, 0.15) is 6.92 Å². The lowest BCUT2D eigenvalue weighted by molar-refractivity contribution is -0.114. The largest absolute Gasteiger partial charge is 0.309 e. The van der Waals surface area contributed by atoms with Crippen LogP contribution in [0.2, 0.25) is 0 Å². The van der Waals surface area contributed by atoms with E-state index in [2.05, 4.69) is 15.4 Å². The lowest BCUT2D eigenvalue weighted by Crippen LogP contribution is -2.08. The maximum Gasteiger partial charge on any atom is 0.222 e. The zero-order valence-electron chi connectivity index (χ0n) is 7.06. The van der Waals surface area contributed by atoms with E-state index in [-0.39, 0.29) is 5.91 Å². The summed E-state index contributed by atoms with van der Waals surface area (Å²) in [5, 5.41) is 6.69. The van der Waals surface area contributed by atoms with Gasteiger partial charge in [-0.15, -0.1) is 5.10 Å². The smallest absolute Gasteiger partial charge is 0.222 e. The molecule has 0 saturated carbocycles. The fourth-order valence-electron chi connectivity index (χ4n) is 1.06. The van der Waals surface area contributed by atoms with E-state index in [1.807, 2.05) is 0 Å². The van der Waals surface area contributed by atoms with Crippen molar-refractivity contribution in [3.63, 3.8) is 0 Å². The molecule has 2 aromatic rings. The van der Waals surface area contributed by atoms with Crippen LogP contribution in [0.5, 0.6) is 0 Å². The molecular formula is C8H8N4O. The van der Waals surface area contributed by atoms with E-state index < -0.39 is 0 Å². The Morgan fingerprint density at radius 1 is 1.54 bits per heavy atom. The molecule has 1 amide bonds. The van der Waals surface area contributed by atoms with Gasteiger partial charge in [0.1, 0.15) is 0 Å². The van der Waals surface area contributed by atoms with Crippen molar-refractivity contribution in [2.45, 2.75) is 6.92 Å². The molecule has 2 aromatic heterocycles. The Bertz CT molecular complexity index is 448. The molecular weight excluding hydrogens is 168 g/mol. The van der Waals surface area contributed by atoms with Crippen LogP contribution in [0, 0.1) is 0 Å². The molecule has 0 aromatic carbocycles. The van der Waals surface area contributed by atoms with Gasteiger partial charge >= 0.3 is 0 Å². The van der Waals surface area contributed by atoms with Crippen LogP contribution in [-0.2, 0) is 4.79 Å². The summed E-state index contributed by atoms with van der Waals surface area (Å²) in [6.45, 7) is 1.44. The summed E-state index contributed by atoms with van der Waals surface area (Å²) < 4.78 is 1.60. The van der Waals surface area contributed by atoms with Gasteiger partial charge in [-0.05, 0) is 12.1 Å². The molecule has 0 bridgehead atoms. The third-order valence-corrected chi connectivity index (χ3v) is 1.56. The number of aromatic nitrogens is 3. The van der Waals surface area contributed by atoms with Gasteiger partial charge in [-0.25, -0.2) is 9.50 Å². The Morgan fingerprint density at radius 3 is 3.15 bits per heavy atom. The maximum atomic E-state index is 10.7. The van der Waals surface area contributed by atoms with Crippen molar-refractivity contribution < 1.29 is 4.79 Å². The van der Waals surface area contributed by atoms with E-state index in [0.29, 0.717) is 5.82 Å². The maximum absolute atomic E-state index is 10.7. The molecule has 5 heteroatoms. The summed E-state index contributed by atoms with van der Waals surface area (Å²) in [4.78, 5) is 14.7. The molecule has 0 aliphatic rings. The van der Waals surface area contributed by atoms with Crippen LogP contribution in [0.25, 0.3) is 5.65 Å². The summed E-state index contributed by atoms with van der Waals surface area (Å²) in [7, 11) is 0. The molecule has 0 saturated heterocycles. The van der Waals surface area contributed by atoms with E-state index in [1.54, 1.807) is 29.0 Å². The number of amides is 1. The van der Waals surface area contributed by atoms with Crippen molar-refractivity contribution in [3.05, 3.63) is 24.5 Å². The van der Waals surface area contributed by atoms with Crippen LogP contribution in [-0.4, -0.2) is 20.5 Å². The van der Waals surface area contributed by atoms with E-state index >= 15 is 0 Å². The predicted molar refractivity (Wildman–Crippen MR) is 47.3 cm³/mol. The van der Waals surface area contributed by atoms with Crippen molar-refractivity contribution in [2.24, 2.45) is 0 Å². The Morgan fingerprint density at radius 2 is 2.38 bits per heavy atom. The number of rotatable bonds is 1. The van der Waals surface area contributed by atoms with E-state index in [0.717, 1.165) is 5.65 Å². The number of nitrogens with one attached hydrogen (secondary N) is 1. The molecule has 66 valence electrons. The van der Waals surface area contributed by atoms with Gasteiger partial charge in [-0.3, -0.25) is 4.79 Å². The molecule has 0 radical (unpaired) electrons. The summed E-state index contributed by atoms with van der Waals surface area (Å²) >= 11 is 0. The lowest BCUT2D eigenvalue weighted by Gasteiger charge is -2.00. The minimum absolute atomic E-state index is 0.132. The van der Waals surface area contributed by atoms with Crippen molar-refractivity contribution in [1.82, 2.24) is 14.6 Å². The standard InChI is InChI=1S/C8H8N4O/c1-6(13)10-7-2-3-8-9-4-5-12(8)11-7/h2-5H,1H3,(H,10,11,13). The summed E-state index contributed by atoms with van der Waals surface area (Å²) in [5.74, 6) is 0.393. The van der Waals surface area contributed by atoms with Gasteiger partial charge in [0.05, 0.1) is 0 Å². The first kappa shape index (κ1) is 7.72. The average molecular weight is 176 g/mol. The first-order chi connectivity index (χ1) is 6.25. The third-order valence-electron chi connectivity index (χ3n) is 1.56. The highest BCUT2D eigenvalue weighted by Gasteiger charge is 1.98. The molecule has 2 rings (SSSR count). The molecule has 0 aliphatic carbocycles. The fourth-order valence-corrected chi connectivity index (χ4v) is 1.06. The molecule has 0 unspecified atom stereocenters. The second-order valence-corrected chi connectivity index (χ2v) is 2.63. The summed E-state index contributed by atoms with van der Waals surface area (Å²) in [6, 6.07) is 3.50. The van der Waals surface area contributed by atoms with Crippen LogP contribution >= 0.6 is 0 Å². The normalized spacial score (nSPS) is 10.2. The number of carbonyl (C=O) groups is 1. The van der Waals surface area contributed by atoms with Gasteiger partial charge < -0.3 is 5.32 Å². The van der Waals surface area contributed by atoms with Gasteiger partial charge in [0.15, 0.2) is 11.5 Å². The van der Waals surface area contributed by atoms with Crippen LogP contribution in [0.4, 0.5) is 5.82 Å². The Labute approximate surface area is 74.4 Å². The fraction of sp³-hybridized carbons (Fsp3) is 0.125. The average Bonchev–Trinajstić information content (AvgIpc) is 2.49. The molecule has 1 N–H and O–H groups in total. The zero-order chi connectivity index (χ0) is 9.26. The van der Waals surface area contributed by atoms with Crippen LogP contribution < -0.4 is 5.32 Å². The van der Waals surface area contributed by atoms with Gasteiger partial charge in [0, 0.05) is 19.3 Å². The van der Waals surface area contributed by atoms with E-state index in [9.17, 15) is 4.79 Å². The number of carbonyl (C=O) groups excluding carboxylic acids is 1. The van der Waals surface area contributed by atoms with Gasteiger partial charge in [-0.2, -0.15) is 0 Å². The van der Waals surface area contributed by atoms with Crippen molar-refractivity contribution in [3.8, 4) is 0 Å². The zero-order valence-corrected chi connectivity index (χ0v) is 7.06. The minimum Gasteiger partial charge on any atom is -0.309 e. The topological polar surface area (TPSA) is 59.3 Å². The van der Waals surface area contributed by atoms with Crippen molar-refractivity contribution >= 4 is 17.4 Å². The number of hydrogen-bond donors (Lipinski definition) is 1. The molecule has 13 heavy (non-hydrogen) atoms. The van der Waals surface area contributed by atoms with Crippen LogP contribution in [0.15, 0.2) is 24.5 Å². The van der Waals surface area contributed by atoms with E-state index in [1.165, 1.54) is 6.92 Å². The van der Waals surface area contributed by atoms with Gasteiger partial charge in [0.25, 0.3) is 0 Å². The monoisotopic (exact) mass is 176 g/mol. The molecule has 5 nitrogen and oxygen atoms in total. The predicted octanol–water partition coefficient (Wildman–Crippen LogP) is 0.688. The number of fused-ring (bicyclic) bond motifs is 1. The highest BCUT2D eigenvalue weighted by molar-refractivity contribution is 5.87. The highest BCUT2D eigenvalue weighted by atomic mass is 16.1. The Hall–Kier alpha value is -1.91. The summed E-state index contributed by atoms with van der Waals surface area (Å²) in [6.07, 6.45) is 3.38. The molecule has 0 aliphatic heterocycles. The number of nitrogens with zero attached hydrogens (tertiary/aromatic N) is 3. The van der Waals surface area contributed by atoms with Gasteiger partial charge in [0.2, 0.25) is 5.91 Å². The molecule has 0 atom stereocenters. The van der Waals surface area contributed by atoms with Crippen molar-refractivity contribution in [1.29, 1.82) is 0 Å². The molecule has 0 spiro atoms. The van der Waals surface area contributed by atoms with Gasteiger partial charge in [-0.1, -0.05) is 0 Å². The number of hydrogen-bond acceptors (Lipinski definition) is 3. The number of imidazole rings is 1. The van der Waals surface area contributed by atoms with Crippen LogP contribution in [0.3, 0.4) is 0 Å². The highest BCUT2D eigenvalue weighted by Crippen LogP contribution is 2.04. The minimum atomic E-state index is -0.132. The first-order valence-electron chi connectivity index (χ1n) is 3.84. The molecule has 2 heterocycles. The quantitative estimate of drug-likeness (QED) is 0.695. The summed E-state index contributed by atoms with van der Waals surface area (Å²) in [5.41, 5.74) is 0.758. The lowest BCUT2D eigenvalue weighted by atomic mass is 10.5. The first-order valence-corrected chi connectivity index (χ1v) is 3.84. The third kappa shape index (κ3) is 1.48.